The molecule has 102 valence electrons. The van der Waals surface area contributed by atoms with E-state index < -0.39 is 20.0 Å². The number of amides is 1. The molecule has 9 heteroatoms. The first-order valence-electron chi connectivity index (χ1n) is 5.08. The van der Waals surface area contributed by atoms with Crippen LogP contribution >= 0.6 is 24.0 Å². The molecule has 0 aromatic heterocycles. The smallest absolute Gasteiger partial charge is 0.252 e. The molecule has 0 radical (unpaired) electrons. The number of hydrogen-bond donors (Lipinski definition) is 2. The van der Waals surface area contributed by atoms with Crippen molar-refractivity contribution in [1.29, 1.82) is 0 Å². The first-order valence-corrected chi connectivity index (χ1v) is 7.81. The summed E-state index contributed by atoms with van der Waals surface area (Å²) in [6, 6.07) is 0. The van der Waals surface area contributed by atoms with Crippen LogP contribution < -0.4 is 11.1 Å². The lowest BCUT2D eigenvalue weighted by molar-refractivity contribution is -0.116. The van der Waals surface area contributed by atoms with Gasteiger partial charge in [0.15, 0.2) is 5.11 Å². The van der Waals surface area contributed by atoms with Crippen LogP contribution in [0.3, 0.4) is 0 Å². The Morgan fingerprint density at radius 1 is 1.67 bits per heavy atom. The summed E-state index contributed by atoms with van der Waals surface area (Å²) in [5.74, 6) is -0.605. The van der Waals surface area contributed by atoms with E-state index in [0.29, 0.717) is 6.42 Å². The quantitative estimate of drug-likeness (QED) is 0.709. The van der Waals surface area contributed by atoms with E-state index in [0.717, 1.165) is 4.31 Å². The summed E-state index contributed by atoms with van der Waals surface area (Å²) >= 11 is 6.16. The molecule has 1 amide bonds. The lowest BCUT2D eigenvalue weighted by Crippen LogP contribution is -2.49. The van der Waals surface area contributed by atoms with Gasteiger partial charge in [-0.05, 0) is 31.0 Å². The van der Waals surface area contributed by atoms with Gasteiger partial charge in [0, 0.05) is 7.05 Å². The molecular formula is C9H15N3O3S3. The molecule has 1 aliphatic heterocycles. The van der Waals surface area contributed by atoms with Crippen LogP contribution in [0.5, 0.6) is 0 Å². The topological polar surface area (TPSA) is 92.5 Å². The van der Waals surface area contributed by atoms with Gasteiger partial charge in [-0.25, -0.2) is 12.7 Å². The molecule has 0 bridgehead atoms. The van der Waals surface area contributed by atoms with Crippen LogP contribution in [-0.4, -0.2) is 41.4 Å². The molecule has 0 spiro atoms. The van der Waals surface area contributed by atoms with Gasteiger partial charge >= 0.3 is 0 Å². The molecule has 1 atom stereocenters. The van der Waals surface area contributed by atoms with Gasteiger partial charge in [-0.3, -0.25) is 4.79 Å². The molecule has 1 rings (SSSR count). The Kier molecular flexibility index (Phi) is 4.62. The average molecular weight is 309 g/mol. The van der Waals surface area contributed by atoms with Crippen molar-refractivity contribution < 1.29 is 13.2 Å². The van der Waals surface area contributed by atoms with Crippen molar-refractivity contribution >= 4 is 45.0 Å². The van der Waals surface area contributed by atoms with Crippen LogP contribution in [0, 0.1) is 0 Å². The van der Waals surface area contributed by atoms with Gasteiger partial charge in [-0.15, -0.1) is 11.8 Å². The van der Waals surface area contributed by atoms with Gasteiger partial charge in [0.25, 0.3) is 10.0 Å². The van der Waals surface area contributed by atoms with Gasteiger partial charge in [0.1, 0.15) is 4.08 Å². The summed E-state index contributed by atoms with van der Waals surface area (Å²) in [6.45, 7) is 1.45. The van der Waals surface area contributed by atoms with Crippen molar-refractivity contribution in [2.45, 2.75) is 17.4 Å². The zero-order valence-corrected chi connectivity index (χ0v) is 12.5. The minimum Gasteiger partial charge on any atom is -0.368 e. The molecule has 1 aliphatic rings. The monoisotopic (exact) mass is 309 g/mol. The van der Waals surface area contributed by atoms with E-state index >= 15 is 0 Å². The largest absolute Gasteiger partial charge is 0.368 e. The fraction of sp³-hybridized carbons (Fsp3) is 0.556. The van der Waals surface area contributed by atoms with E-state index in [1.54, 1.807) is 18.4 Å². The maximum atomic E-state index is 12.4. The number of nitrogens with one attached hydrogen (secondary N) is 1. The highest BCUT2D eigenvalue weighted by Gasteiger charge is 2.44. The molecule has 6 nitrogen and oxygen atoms in total. The van der Waals surface area contributed by atoms with Crippen LogP contribution in [0.4, 0.5) is 0 Å². The number of rotatable bonds is 4. The van der Waals surface area contributed by atoms with Crippen molar-refractivity contribution in [2.24, 2.45) is 5.73 Å². The number of carbonyl (C=O) groups excluding carboxylic acids is 1. The molecule has 0 aromatic rings. The third-order valence-corrected chi connectivity index (χ3v) is 7.12. The highest BCUT2D eigenvalue weighted by atomic mass is 32.3. The van der Waals surface area contributed by atoms with Crippen molar-refractivity contribution in [3.63, 3.8) is 0 Å². The first-order chi connectivity index (χ1) is 8.21. The predicted octanol–water partition coefficient (Wildman–Crippen LogP) is -0.0254. The van der Waals surface area contributed by atoms with Crippen LogP contribution in [-0.2, 0) is 14.8 Å². The molecule has 0 fully saturated rings. The molecule has 0 saturated heterocycles. The number of primary amides is 1. The van der Waals surface area contributed by atoms with Crippen LogP contribution in [0.25, 0.3) is 0 Å². The summed E-state index contributed by atoms with van der Waals surface area (Å²) in [5.41, 5.74) is 4.95. The number of sulfonamides is 1. The lowest BCUT2D eigenvalue weighted by Gasteiger charge is -2.30. The van der Waals surface area contributed by atoms with Gasteiger partial charge < -0.3 is 11.1 Å². The maximum Gasteiger partial charge on any atom is 0.252 e. The fourth-order valence-electron chi connectivity index (χ4n) is 1.34. The number of thiocarbonyl (C=S) groups is 1. The summed E-state index contributed by atoms with van der Waals surface area (Å²) in [5, 5.41) is 4.22. The van der Waals surface area contributed by atoms with Crippen molar-refractivity contribution in [3.8, 4) is 0 Å². The Balaban J connectivity index is 2.79. The van der Waals surface area contributed by atoms with Gasteiger partial charge in [-0.1, -0.05) is 6.08 Å². The van der Waals surface area contributed by atoms with E-state index in [9.17, 15) is 13.2 Å². The average Bonchev–Trinajstić information content (AvgIpc) is 2.73. The molecule has 3 N–H and O–H groups in total. The number of nitrogens with two attached hydrogens (primary N) is 1. The van der Waals surface area contributed by atoms with Crippen molar-refractivity contribution in [2.75, 3.05) is 13.6 Å². The second-order valence-corrected chi connectivity index (χ2v) is 8.38. The van der Waals surface area contributed by atoms with E-state index in [-0.39, 0.29) is 11.7 Å². The molecule has 18 heavy (non-hydrogen) atoms. The Morgan fingerprint density at radius 3 is 2.72 bits per heavy atom. The molecule has 0 aromatic carbocycles. The normalized spacial score (nSPS) is 22.8. The SMILES string of the molecule is CN(C(=S)NCC(N)=O)S(=O)(=O)C1(C)CC=CS1. The minimum absolute atomic E-state index is 0.0393. The van der Waals surface area contributed by atoms with E-state index in [1.807, 2.05) is 0 Å². The summed E-state index contributed by atoms with van der Waals surface area (Å²) in [6.07, 6.45) is 2.22. The van der Waals surface area contributed by atoms with E-state index in [1.165, 1.54) is 18.8 Å². The summed E-state index contributed by atoms with van der Waals surface area (Å²) in [4.78, 5) is 10.6. The van der Waals surface area contributed by atoms with Crippen molar-refractivity contribution in [1.82, 2.24) is 9.62 Å². The predicted molar refractivity (Wildman–Crippen MR) is 76.2 cm³/mol. The molecule has 0 saturated carbocycles. The van der Waals surface area contributed by atoms with E-state index in [4.69, 9.17) is 18.0 Å². The van der Waals surface area contributed by atoms with Crippen LogP contribution in [0.15, 0.2) is 11.5 Å². The Bertz CT molecular complexity index is 479. The third-order valence-electron chi connectivity index (χ3n) is 2.51. The number of hydrogen-bond acceptors (Lipinski definition) is 5. The number of nitrogens with zero attached hydrogens (tertiary/aromatic N) is 1. The van der Waals surface area contributed by atoms with Crippen molar-refractivity contribution in [3.05, 3.63) is 11.5 Å². The number of carbonyl (C=O) groups is 1. The number of thioether (sulfide) groups is 1. The zero-order valence-electron chi connectivity index (χ0n) is 10.0. The third kappa shape index (κ3) is 2.96. The summed E-state index contributed by atoms with van der Waals surface area (Å²) in [7, 11) is -2.25. The standard InChI is InChI=1S/C9H15N3O3S3/c1-9(4-3-5-17-9)18(14,15)12(2)8(16)11-6-7(10)13/h3,5H,4,6H2,1-2H3,(H2,10,13)(H,11,16). The lowest BCUT2D eigenvalue weighted by atomic mass is 10.3. The first kappa shape index (κ1) is 15.3. The molecule has 1 heterocycles. The zero-order chi connectivity index (χ0) is 14.0. The molecule has 0 aliphatic carbocycles. The van der Waals surface area contributed by atoms with E-state index in [2.05, 4.69) is 5.32 Å². The van der Waals surface area contributed by atoms with Gasteiger partial charge in [0.2, 0.25) is 5.91 Å². The highest BCUT2D eigenvalue weighted by Crippen LogP contribution is 2.41. The Labute approximate surface area is 116 Å². The van der Waals surface area contributed by atoms with Gasteiger partial charge in [-0.2, -0.15) is 0 Å². The van der Waals surface area contributed by atoms with Gasteiger partial charge in [0.05, 0.1) is 6.54 Å². The van der Waals surface area contributed by atoms with Crippen LogP contribution in [0.2, 0.25) is 0 Å². The molecule has 1 unspecified atom stereocenters. The second kappa shape index (κ2) is 5.45. The maximum absolute atomic E-state index is 12.4. The summed E-state index contributed by atoms with van der Waals surface area (Å²) < 4.78 is 24.7. The molecular weight excluding hydrogens is 294 g/mol. The minimum atomic E-state index is -3.61. The second-order valence-electron chi connectivity index (χ2n) is 3.93. The van der Waals surface area contributed by atoms with Crippen LogP contribution in [0.1, 0.15) is 13.3 Å². The Morgan fingerprint density at radius 2 is 2.28 bits per heavy atom. The number of allylic oxidation sites excluding steroid dienone is 1. The Hall–Kier alpha value is -0.800. The highest BCUT2D eigenvalue weighted by molar-refractivity contribution is 8.16. The fourth-order valence-corrected chi connectivity index (χ4v) is 4.54.